The highest BCUT2D eigenvalue weighted by Gasteiger charge is 2.27. The van der Waals surface area contributed by atoms with Crippen LogP contribution in [0.2, 0.25) is 5.02 Å². The van der Waals surface area contributed by atoms with Gasteiger partial charge in [0, 0.05) is 31.4 Å². The van der Waals surface area contributed by atoms with E-state index in [0.717, 1.165) is 24.2 Å². The van der Waals surface area contributed by atoms with E-state index in [1.165, 1.54) is 10.6 Å². The lowest BCUT2D eigenvalue weighted by molar-refractivity contribution is 0.314. The fraction of sp³-hybridized carbons (Fsp3) is 0.375. The largest absolute Gasteiger partial charge is 0.281 e. The molecule has 0 spiro atoms. The third-order valence-electron chi connectivity index (χ3n) is 4.54. The van der Waals surface area contributed by atoms with Gasteiger partial charge in [0.2, 0.25) is 15.8 Å². The maximum atomic E-state index is 11.8. The molecule has 0 aliphatic carbocycles. The highest BCUT2D eigenvalue weighted by molar-refractivity contribution is 7.88. The number of imidazole rings is 1. The van der Waals surface area contributed by atoms with Crippen LogP contribution in [0.25, 0.3) is 17.2 Å². The minimum Gasteiger partial charge on any atom is -0.281 e. The zero-order chi connectivity index (χ0) is 18.3. The summed E-state index contributed by atoms with van der Waals surface area (Å²) in [5.74, 6) is 0.588. The Hall–Kier alpha value is -2.10. The van der Waals surface area contributed by atoms with Crippen LogP contribution >= 0.6 is 11.6 Å². The van der Waals surface area contributed by atoms with Gasteiger partial charge in [-0.25, -0.2) is 22.7 Å². The average Bonchev–Trinajstić information content (AvgIpc) is 3.04. The summed E-state index contributed by atoms with van der Waals surface area (Å²) in [6.45, 7) is 1.01. The van der Waals surface area contributed by atoms with Crippen LogP contribution in [0, 0.1) is 0 Å². The molecular weight excluding hydrogens is 376 g/mol. The van der Waals surface area contributed by atoms with E-state index in [0.29, 0.717) is 29.6 Å². The maximum absolute atomic E-state index is 11.8. The predicted octanol–water partition coefficient (Wildman–Crippen LogP) is 1.98. The summed E-state index contributed by atoms with van der Waals surface area (Å²) in [7, 11) is -3.18. The number of rotatable bonds is 3. The van der Waals surface area contributed by atoms with E-state index in [1.54, 1.807) is 35.4 Å². The summed E-state index contributed by atoms with van der Waals surface area (Å²) in [5, 5.41) is 0.504. The zero-order valence-electron chi connectivity index (χ0n) is 14.1. The molecule has 10 heteroatoms. The van der Waals surface area contributed by atoms with Gasteiger partial charge in [-0.3, -0.25) is 14.4 Å². The van der Waals surface area contributed by atoms with E-state index < -0.39 is 10.0 Å². The number of sulfonamides is 1. The molecule has 0 saturated carbocycles. The van der Waals surface area contributed by atoms with Crippen molar-refractivity contribution in [3.63, 3.8) is 0 Å². The van der Waals surface area contributed by atoms with Crippen molar-refractivity contribution in [2.24, 2.45) is 0 Å². The van der Waals surface area contributed by atoms with Crippen LogP contribution in [-0.2, 0) is 10.0 Å². The van der Waals surface area contributed by atoms with Gasteiger partial charge < -0.3 is 0 Å². The van der Waals surface area contributed by atoms with Crippen molar-refractivity contribution in [3.05, 3.63) is 41.7 Å². The summed E-state index contributed by atoms with van der Waals surface area (Å²) in [6.07, 6.45) is 11.3. The topological polar surface area (TPSA) is 93.4 Å². The van der Waals surface area contributed by atoms with Crippen LogP contribution in [0.5, 0.6) is 0 Å². The number of aromatic nitrogens is 5. The molecule has 0 bridgehead atoms. The summed E-state index contributed by atoms with van der Waals surface area (Å²) < 4.78 is 26.8. The van der Waals surface area contributed by atoms with Crippen molar-refractivity contribution in [1.29, 1.82) is 0 Å². The predicted molar refractivity (Wildman–Crippen MR) is 97.4 cm³/mol. The van der Waals surface area contributed by atoms with Gasteiger partial charge in [0.15, 0.2) is 0 Å². The second kappa shape index (κ2) is 6.57. The third kappa shape index (κ3) is 3.29. The smallest absolute Gasteiger partial charge is 0.234 e. The van der Waals surface area contributed by atoms with E-state index in [-0.39, 0.29) is 5.92 Å². The Morgan fingerprint density at radius 3 is 2.65 bits per heavy atom. The van der Waals surface area contributed by atoms with Crippen LogP contribution in [0.4, 0.5) is 0 Å². The van der Waals surface area contributed by atoms with Crippen molar-refractivity contribution in [2.45, 2.75) is 18.8 Å². The first-order valence-corrected chi connectivity index (χ1v) is 10.4. The normalized spacial score (nSPS) is 19.1. The van der Waals surface area contributed by atoms with Crippen molar-refractivity contribution < 1.29 is 8.42 Å². The molecule has 0 radical (unpaired) electrons. The minimum absolute atomic E-state index is 0.0540. The number of hydrogen-bond donors (Lipinski definition) is 0. The first-order valence-electron chi connectivity index (χ1n) is 8.18. The molecule has 0 unspecified atom stereocenters. The second-order valence-corrected chi connectivity index (χ2v) is 8.79. The second-order valence-electron chi connectivity index (χ2n) is 6.37. The molecule has 1 fully saturated rings. The Labute approximate surface area is 155 Å². The highest BCUT2D eigenvalue weighted by atomic mass is 35.5. The number of fused-ring (bicyclic) bond motifs is 1. The van der Waals surface area contributed by atoms with E-state index in [9.17, 15) is 8.42 Å². The standard InChI is InChI=1S/C16H17ClN6O2S/c1-26(24,25)22-4-2-3-11(9-22)13-6-19-14(7-18-13)15-8-21-16-20-5-12(17)10-23(15)16/h5-8,10-11H,2-4,9H2,1H3/t11-/m1/s1. The van der Waals surface area contributed by atoms with Crippen molar-refractivity contribution in [1.82, 2.24) is 28.6 Å². The third-order valence-corrected chi connectivity index (χ3v) is 6.00. The first kappa shape index (κ1) is 17.3. The monoisotopic (exact) mass is 392 g/mol. The molecular formula is C16H17ClN6O2S. The summed E-state index contributed by atoms with van der Waals surface area (Å²) in [6, 6.07) is 0. The molecule has 136 valence electrons. The van der Waals surface area contributed by atoms with Gasteiger partial charge in [0.1, 0.15) is 5.69 Å². The molecule has 0 aromatic carbocycles. The van der Waals surface area contributed by atoms with Crippen LogP contribution in [0.1, 0.15) is 24.5 Å². The van der Waals surface area contributed by atoms with Gasteiger partial charge >= 0.3 is 0 Å². The maximum Gasteiger partial charge on any atom is 0.234 e. The van der Waals surface area contributed by atoms with E-state index in [4.69, 9.17) is 11.6 Å². The molecule has 8 nitrogen and oxygen atoms in total. The lowest BCUT2D eigenvalue weighted by Crippen LogP contribution is -2.38. The van der Waals surface area contributed by atoms with Crippen molar-refractivity contribution in [3.8, 4) is 11.4 Å². The van der Waals surface area contributed by atoms with E-state index in [2.05, 4.69) is 19.9 Å². The van der Waals surface area contributed by atoms with Crippen molar-refractivity contribution in [2.75, 3.05) is 19.3 Å². The Bertz CT molecular complexity index is 1050. The van der Waals surface area contributed by atoms with Gasteiger partial charge in [-0.15, -0.1) is 0 Å². The highest BCUT2D eigenvalue weighted by Crippen LogP contribution is 2.27. The Morgan fingerprint density at radius 2 is 1.92 bits per heavy atom. The molecule has 3 aromatic rings. The Balaban J connectivity index is 1.61. The average molecular weight is 393 g/mol. The minimum atomic E-state index is -3.18. The lowest BCUT2D eigenvalue weighted by atomic mass is 9.96. The molecule has 4 heterocycles. The SMILES string of the molecule is CS(=O)(=O)N1CCC[C@@H](c2cnc(-c3cnc4ncc(Cl)cn34)cn2)C1. The number of piperidine rings is 1. The van der Waals surface area contributed by atoms with Gasteiger partial charge in [0.05, 0.1) is 41.3 Å². The molecule has 0 amide bonds. The van der Waals surface area contributed by atoms with Crippen LogP contribution < -0.4 is 0 Å². The summed E-state index contributed by atoms with van der Waals surface area (Å²) in [5.41, 5.74) is 2.20. The Morgan fingerprint density at radius 1 is 1.12 bits per heavy atom. The van der Waals surface area contributed by atoms with Gasteiger partial charge in [0.25, 0.3) is 0 Å². The molecule has 1 aliphatic rings. The van der Waals surface area contributed by atoms with E-state index >= 15 is 0 Å². The number of hydrogen-bond acceptors (Lipinski definition) is 6. The Kier molecular flexibility index (Phi) is 4.37. The molecule has 4 rings (SSSR count). The first-order chi connectivity index (χ1) is 12.4. The molecule has 1 saturated heterocycles. The lowest BCUT2D eigenvalue weighted by Gasteiger charge is -2.30. The molecule has 1 atom stereocenters. The quantitative estimate of drug-likeness (QED) is 0.676. The fourth-order valence-electron chi connectivity index (χ4n) is 3.21. The summed E-state index contributed by atoms with van der Waals surface area (Å²) in [4.78, 5) is 17.4. The molecule has 3 aromatic heterocycles. The van der Waals surface area contributed by atoms with E-state index in [1.807, 2.05) is 0 Å². The van der Waals surface area contributed by atoms with Gasteiger partial charge in [-0.1, -0.05) is 11.6 Å². The summed E-state index contributed by atoms with van der Waals surface area (Å²) >= 11 is 6.01. The number of halogens is 1. The zero-order valence-corrected chi connectivity index (χ0v) is 15.7. The van der Waals surface area contributed by atoms with Gasteiger partial charge in [-0.05, 0) is 12.8 Å². The van der Waals surface area contributed by atoms with Crippen LogP contribution in [0.15, 0.2) is 31.0 Å². The number of nitrogens with zero attached hydrogens (tertiary/aromatic N) is 6. The molecule has 26 heavy (non-hydrogen) atoms. The molecule has 1 aliphatic heterocycles. The van der Waals surface area contributed by atoms with Crippen LogP contribution in [0.3, 0.4) is 0 Å². The van der Waals surface area contributed by atoms with Crippen LogP contribution in [-0.4, -0.2) is 56.4 Å². The molecule has 0 N–H and O–H groups in total. The fourth-order valence-corrected chi connectivity index (χ4v) is 4.26. The van der Waals surface area contributed by atoms with Gasteiger partial charge in [-0.2, -0.15) is 0 Å². The van der Waals surface area contributed by atoms with Crippen molar-refractivity contribution >= 4 is 27.4 Å².